The highest BCUT2D eigenvalue weighted by Crippen LogP contribution is 2.30. The SMILES string of the molecule is CCCCOC(=O)N1CCCC(c2nc3ccccc3n2CCC(=O)N(CC)C2CCCCC2)C1. The van der Waals surface area contributed by atoms with Crippen LogP contribution in [-0.4, -0.2) is 63.6 Å². The van der Waals surface area contributed by atoms with Crippen LogP contribution < -0.4 is 0 Å². The van der Waals surface area contributed by atoms with E-state index in [0.29, 0.717) is 32.2 Å². The third-order valence-electron chi connectivity index (χ3n) is 7.68. The van der Waals surface area contributed by atoms with Crippen LogP contribution in [0, 0.1) is 0 Å². The molecule has 192 valence electrons. The highest BCUT2D eigenvalue weighted by atomic mass is 16.6. The van der Waals surface area contributed by atoms with Crippen LogP contribution in [0.2, 0.25) is 0 Å². The molecule has 0 N–H and O–H groups in total. The molecule has 4 rings (SSSR count). The number of unbranched alkanes of at least 4 members (excludes halogenated alkanes) is 1. The zero-order valence-corrected chi connectivity index (χ0v) is 21.6. The Hall–Kier alpha value is -2.57. The molecule has 1 saturated carbocycles. The molecule has 0 radical (unpaired) electrons. The van der Waals surface area contributed by atoms with Gasteiger partial charge in [-0.3, -0.25) is 4.79 Å². The Morgan fingerprint density at radius 1 is 1.09 bits per heavy atom. The number of hydrogen-bond acceptors (Lipinski definition) is 4. The first-order valence-corrected chi connectivity index (χ1v) is 13.8. The van der Waals surface area contributed by atoms with Gasteiger partial charge in [-0.05, 0) is 51.2 Å². The monoisotopic (exact) mass is 482 g/mol. The van der Waals surface area contributed by atoms with Crippen molar-refractivity contribution in [2.24, 2.45) is 0 Å². The first kappa shape index (κ1) is 25.5. The summed E-state index contributed by atoms with van der Waals surface area (Å²) in [6.07, 6.45) is 10.1. The third kappa shape index (κ3) is 6.17. The van der Waals surface area contributed by atoms with Crippen LogP contribution in [0.15, 0.2) is 24.3 Å². The van der Waals surface area contributed by atoms with Crippen molar-refractivity contribution < 1.29 is 14.3 Å². The lowest BCUT2D eigenvalue weighted by atomic mass is 9.94. The van der Waals surface area contributed by atoms with Gasteiger partial charge < -0.3 is 19.1 Å². The van der Waals surface area contributed by atoms with E-state index < -0.39 is 0 Å². The maximum absolute atomic E-state index is 13.3. The van der Waals surface area contributed by atoms with Gasteiger partial charge in [0, 0.05) is 44.6 Å². The minimum atomic E-state index is -0.216. The number of ether oxygens (including phenoxy) is 1. The molecule has 1 aromatic carbocycles. The Morgan fingerprint density at radius 3 is 2.66 bits per heavy atom. The van der Waals surface area contributed by atoms with Crippen molar-refractivity contribution in [1.82, 2.24) is 19.4 Å². The van der Waals surface area contributed by atoms with Crippen molar-refractivity contribution in [3.63, 3.8) is 0 Å². The van der Waals surface area contributed by atoms with E-state index in [1.165, 1.54) is 19.3 Å². The molecule has 0 spiro atoms. The topological polar surface area (TPSA) is 67.7 Å². The number of hydrogen-bond donors (Lipinski definition) is 0. The molecule has 1 aliphatic heterocycles. The number of likely N-dealkylation sites (tertiary alicyclic amines) is 1. The molecule has 1 aliphatic carbocycles. The molecular weight excluding hydrogens is 440 g/mol. The smallest absolute Gasteiger partial charge is 0.409 e. The minimum absolute atomic E-state index is 0.144. The fourth-order valence-corrected chi connectivity index (χ4v) is 5.77. The van der Waals surface area contributed by atoms with Gasteiger partial charge in [0.05, 0.1) is 17.6 Å². The van der Waals surface area contributed by atoms with Gasteiger partial charge in [0.25, 0.3) is 0 Å². The number of para-hydroxylation sites is 2. The Morgan fingerprint density at radius 2 is 1.89 bits per heavy atom. The fraction of sp³-hybridized carbons (Fsp3) is 0.679. The molecular formula is C28H42N4O3. The number of rotatable bonds is 9. The number of fused-ring (bicyclic) bond motifs is 1. The van der Waals surface area contributed by atoms with Gasteiger partial charge in [-0.15, -0.1) is 0 Å². The quantitative estimate of drug-likeness (QED) is 0.429. The van der Waals surface area contributed by atoms with E-state index in [1.807, 2.05) is 23.1 Å². The number of piperidine rings is 1. The summed E-state index contributed by atoms with van der Waals surface area (Å²) < 4.78 is 7.71. The lowest BCUT2D eigenvalue weighted by Gasteiger charge is -2.34. The summed E-state index contributed by atoms with van der Waals surface area (Å²) >= 11 is 0. The van der Waals surface area contributed by atoms with Crippen LogP contribution in [0.4, 0.5) is 4.79 Å². The third-order valence-corrected chi connectivity index (χ3v) is 7.68. The van der Waals surface area contributed by atoms with Crippen molar-refractivity contribution in [1.29, 1.82) is 0 Å². The predicted octanol–water partition coefficient (Wildman–Crippen LogP) is 5.72. The van der Waals surface area contributed by atoms with E-state index in [1.54, 1.807) is 0 Å². The van der Waals surface area contributed by atoms with E-state index in [4.69, 9.17) is 9.72 Å². The maximum atomic E-state index is 13.3. The van der Waals surface area contributed by atoms with Gasteiger partial charge >= 0.3 is 6.09 Å². The van der Waals surface area contributed by atoms with E-state index in [9.17, 15) is 9.59 Å². The van der Waals surface area contributed by atoms with Crippen LogP contribution in [0.1, 0.15) is 89.8 Å². The van der Waals surface area contributed by atoms with Gasteiger partial charge in [-0.2, -0.15) is 0 Å². The Bertz CT molecular complexity index is 982. The maximum Gasteiger partial charge on any atom is 0.409 e. The van der Waals surface area contributed by atoms with Crippen molar-refractivity contribution in [3.8, 4) is 0 Å². The van der Waals surface area contributed by atoms with Crippen LogP contribution in [0.3, 0.4) is 0 Å². The Kier molecular flexibility index (Phi) is 9.05. The average molecular weight is 483 g/mol. The van der Waals surface area contributed by atoms with Crippen LogP contribution in [0.5, 0.6) is 0 Å². The number of nitrogens with zero attached hydrogens (tertiary/aromatic N) is 4. The van der Waals surface area contributed by atoms with Crippen LogP contribution in [-0.2, 0) is 16.1 Å². The summed E-state index contributed by atoms with van der Waals surface area (Å²) in [6, 6.07) is 8.57. The first-order valence-electron chi connectivity index (χ1n) is 13.8. The lowest BCUT2D eigenvalue weighted by molar-refractivity contribution is -0.134. The Labute approximate surface area is 209 Å². The van der Waals surface area contributed by atoms with Crippen molar-refractivity contribution in [2.75, 3.05) is 26.2 Å². The van der Waals surface area contributed by atoms with E-state index in [0.717, 1.165) is 68.5 Å². The summed E-state index contributed by atoms with van der Waals surface area (Å²) in [4.78, 5) is 34.8. The second-order valence-electron chi connectivity index (χ2n) is 10.1. The first-order chi connectivity index (χ1) is 17.1. The molecule has 2 aromatic rings. The number of carbonyl (C=O) groups is 2. The number of aromatic nitrogens is 2. The average Bonchev–Trinajstić information content (AvgIpc) is 3.27. The van der Waals surface area contributed by atoms with E-state index in [-0.39, 0.29) is 17.9 Å². The summed E-state index contributed by atoms with van der Waals surface area (Å²) in [6.45, 7) is 7.41. The molecule has 1 aromatic heterocycles. The standard InChI is InChI=1S/C28H42N4O3/c1-3-5-20-35-28(34)30-18-11-12-22(21-30)27-29-24-15-9-10-16-25(24)32(27)19-17-26(33)31(4-2)23-13-7-6-8-14-23/h9-10,15-16,22-23H,3-8,11-14,17-21H2,1-2H3. The number of benzene rings is 1. The second-order valence-corrected chi connectivity index (χ2v) is 10.1. The summed E-state index contributed by atoms with van der Waals surface area (Å²) in [7, 11) is 0. The molecule has 7 heteroatoms. The largest absolute Gasteiger partial charge is 0.449 e. The molecule has 1 atom stereocenters. The van der Waals surface area contributed by atoms with Crippen LogP contribution >= 0.6 is 0 Å². The minimum Gasteiger partial charge on any atom is -0.449 e. The zero-order chi connectivity index (χ0) is 24.6. The van der Waals surface area contributed by atoms with Crippen molar-refractivity contribution in [3.05, 3.63) is 30.1 Å². The Balaban J connectivity index is 1.49. The van der Waals surface area contributed by atoms with E-state index >= 15 is 0 Å². The van der Waals surface area contributed by atoms with Gasteiger partial charge in [-0.1, -0.05) is 44.7 Å². The van der Waals surface area contributed by atoms with Crippen molar-refractivity contribution in [2.45, 2.75) is 96.6 Å². The zero-order valence-electron chi connectivity index (χ0n) is 21.6. The molecule has 1 saturated heterocycles. The molecule has 2 fully saturated rings. The van der Waals surface area contributed by atoms with Crippen LogP contribution in [0.25, 0.3) is 11.0 Å². The molecule has 2 amide bonds. The second kappa shape index (κ2) is 12.4. The van der Waals surface area contributed by atoms with E-state index in [2.05, 4.69) is 29.4 Å². The predicted molar refractivity (Wildman–Crippen MR) is 138 cm³/mol. The molecule has 7 nitrogen and oxygen atoms in total. The highest BCUT2D eigenvalue weighted by Gasteiger charge is 2.30. The fourth-order valence-electron chi connectivity index (χ4n) is 5.77. The van der Waals surface area contributed by atoms with Gasteiger partial charge in [-0.25, -0.2) is 9.78 Å². The summed E-state index contributed by atoms with van der Waals surface area (Å²) in [5.41, 5.74) is 2.02. The number of imidazole rings is 1. The van der Waals surface area contributed by atoms with Crippen molar-refractivity contribution >= 4 is 23.0 Å². The molecule has 1 unspecified atom stereocenters. The molecule has 2 aliphatic rings. The van der Waals surface area contributed by atoms with Gasteiger partial charge in [0.1, 0.15) is 5.82 Å². The molecule has 35 heavy (non-hydrogen) atoms. The van der Waals surface area contributed by atoms with Gasteiger partial charge in [0.2, 0.25) is 5.91 Å². The summed E-state index contributed by atoms with van der Waals surface area (Å²) in [5.74, 6) is 1.38. The number of carbonyl (C=O) groups excluding carboxylic acids is 2. The lowest BCUT2D eigenvalue weighted by Crippen LogP contribution is -2.42. The highest BCUT2D eigenvalue weighted by molar-refractivity contribution is 5.78. The number of aryl methyl sites for hydroxylation is 1. The molecule has 0 bridgehead atoms. The number of amides is 2. The summed E-state index contributed by atoms with van der Waals surface area (Å²) in [5, 5.41) is 0. The molecule has 2 heterocycles. The normalized spacial score (nSPS) is 19.1. The van der Waals surface area contributed by atoms with Gasteiger partial charge in [0.15, 0.2) is 0 Å².